The van der Waals surface area contributed by atoms with Gasteiger partial charge in [0.2, 0.25) is 0 Å². The van der Waals surface area contributed by atoms with E-state index in [1.807, 2.05) is 24.3 Å². The first-order chi connectivity index (χ1) is 12.8. The maximum Gasteiger partial charge on any atom is 0.166 e. The summed E-state index contributed by atoms with van der Waals surface area (Å²) in [5.41, 5.74) is 3.05. The molecular weight excluding hydrogens is 322 g/mol. The quantitative estimate of drug-likeness (QED) is 0.620. The van der Waals surface area contributed by atoms with Crippen molar-refractivity contribution in [2.75, 3.05) is 0 Å². The highest BCUT2D eigenvalue weighted by Crippen LogP contribution is 2.40. The number of nitrogens with zero attached hydrogens (tertiary/aromatic N) is 1. The third kappa shape index (κ3) is 2.77. The summed E-state index contributed by atoms with van der Waals surface area (Å²) in [6, 6.07) is 19.5. The van der Waals surface area contributed by atoms with Gasteiger partial charge in [-0.05, 0) is 55.5 Å². The summed E-state index contributed by atoms with van der Waals surface area (Å²) < 4.78 is 5.39. The number of piperidine rings is 1. The second-order valence-corrected chi connectivity index (χ2v) is 7.75. The van der Waals surface area contributed by atoms with E-state index in [-0.39, 0.29) is 5.92 Å². The number of hydrogen-bond acceptors (Lipinski definition) is 3. The lowest BCUT2D eigenvalue weighted by atomic mass is 9.84. The number of benzene rings is 2. The van der Waals surface area contributed by atoms with Crippen LogP contribution in [0.3, 0.4) is 0 Å². The Morgan fingerprint density at radius 3 is 2.54 bits per heavy atom. The van der Waals surface area contributed by atoms with Crippen LogP contribution in [0.5, 0.6) is 0 Å². The summed E-state index contributed by atoms with van der Waals surface area (Å²) in [5.74, 6) is 0.466. The molecule has 1 aromatic heterocycles. The zero-order valence-corrected chi connectivity index (χ0v) is 14.8. The molecule has 0 radical (unpaired) electrons. The second-order valence-electron chi connectivity index (χ2n) is 7.75. The summed E-state index contributed by atoms with van der Waals surface area (Å²) in [6.45, 7) is 1.01. The molecule has 2 bridgehead atoms. The fourth-order valence-corrected chi connectivity index (χ4v) is 4.90. The van der Waals surface area contributed by atoms with E-state index in [1.165, 1.54) is 18.4 Å². The van der Waals surface area contributed by atoms with Crippen molar-refractivity contribution >= 4 is 16.8 Å². The number of Topliss-reactive ketones (excluding diaryl/α,β-unsaturated/α-hetero) is 1. The largest absolute Gasteiger partial charge is 0.464 e. The Hall–Kier alpha value is -2.39. The molecule has 3 heteroatoms. The lowest BCUT2D eigenvalue weighted by molar-refractivity contribution is 0.0678. The van der Waals surface area contributed by atoms with Crippen LogP contribution in [-0.4, -0.2) is 22.8 Å². The zero-order chi connectivity index (χ0) is 17.5. The van der Waals surface area contributed by atoms with Gasteiger partial charge in [-0.25, -0.2) is 0 Å². The smallest absolute Gasteiger partial charge is 0.166 e. The van der Waals surface area contributed by atoms with Crippen LogP contribution in [0.2, 0.25) is 0 Å². The lowest BCUT2D eigenvalue weighted by Crippen LogP contribution is -2.44. The maximum absolute atomic E-state index is 13.1. The van der Waals surface area contributed by atoms with Crippen molar-refractivity contribution in [1.29, 1.82) is 0 Å². The number of furan rings is 1. The van der Waals surface area contributed by atoms with Crippen molar-refractivity contribution < 1.29 is 9.21 Å². The predicted molar refractivity (Wildman–Crippen MR) is 102 cm³/mol. The van der Waals surface area contributed by atoms with Crippen LogP contribution in [-0.2, 0) is 6.54 Å². The first-order valence-corrected chi connectivity index (χ1v) is 9.59. The highest BCUT2D eigenvalue weighted by Gasteiger charge is 2.42. The van der Waals surface area contributed by atoms with Crippen LogP contribution >= 0.6 is 0 Å². The highest BCUT2D eigenvalue weighted by atomic mass is 16.3. The van der Waals surface area contributed by atoms with Crippen molar-refractivity contribution in [2.24, 2.45) is 5.92 Å². The van der Waals surface area contributed by atoms with Gasteiger partial charge >= 0.3 is 0 Å². The Bertz CT molecular complexity index is 916. The van der Waals surface area contributed by atoms with Gasteiger partial charge in [-0.15, -0.1) is 0 Å². The number of ketones is 1. The Kier molecular flexibility index (Phi) is 3.90. The van der Waals surface area contributed by atoms with E-state index in [4.69, 9.17) is 4.42 Å². The van der Waals surface area contributed by atoms with Crippen molar-refractivity contribution in [1.82, 2.24) is 4.90 Å². The Labute approximate surface area is 153 Å². The Morgan fingerprint density at radius 2 is 1.77 bits per heavy atom. The van der Waals surface area contributed by atoms with Gasteiger partial charge in [-0.3, -0.25) is 9.69 Å². The Balaban J connectivity index is 1.33. The molecule has 3 heterocycles. The van der Waals surface area contributed by atoms with Crippen molar-refractivity contribution in [3.63, 3.8) is 0 Å². The molecule has 2 saturated heterocycles. The summed E-state index contributed by atoms with van der Waals surface area (Å²) in [7, 11) is 0. The monoisotopic (exact) mass is 345 g/mol. The number of carbonyl (C=O) groups is 1. The SMILES string of the molecule is O=C(c1ccc2occc2c1)C1CC2CCC(C1)N2Cc1ccccc1. The fourth-order valence-electron chi connectivity index (χ4n) is 4.90. The van der Waals surface area contributed by atoms with E-state index in [9.17, 15) is 4.79 Å². The minimum absolute atomic E-state index is 0.156. The van der Waals surface area contributed by atoms with Gasteiger partial charge in [0.05, 0.1) is 6.26 Å². The lowest BCUT2D eigenvalue weighted by Gasteiger charge is -2.38. The zero-order valence-electron chi connectivity index (χ0n) is 14.8. The first-order valence-electron chi connectivity index (χ1n) is 9.59. The van der Waals surface area contributed by atoms with Gasteiger partial charge in [0.1, 0.15) is 5.58 Å². The predicted octanol–water partition coefficient (Wildman–Crippen LogP) is 5.06. The van der Waals surface area contributed by atoms with E-state index in [2.05, 4.69) is 35.2 Å². The molecule has 0 aliphatic carbocycles. The van der Waals surface area contributed by atoms with Gasteiger partial charge in [-0.1, -0.05) is 30.3 Å². The summed E-state index contributed by atoms with van der Waals surface area (Å²) in [4.78, 5) is 15.7. The van der Waals surface area contributed by atoms with Crippen LogP contribution < -0.4 is 0 Å². The Morgan fingerprint density at radius 1 is 1.00 bits per heavy atom. The first kappa shape index (κ1) is 15.8. The van der Waals surface area contributed by atoms with Gasteiger partial charge in [-0.2, -0.15) is 0 Å². The van der Waals surface area contributed by atoms with Crippen molar-refractivity contribution in [2.45, 2.75) is 44.3 Å². The average molecular weight is 345 g/mol. The molecule has 0 N–H and O–H groups in total. The molecule has 2 aliphatic heterocycles. The van der Waals surface area contributed by atoms with Crippen LogP contribution in [0.25, 0.3) is 11.0 Å². The molecule has 2 aromatic carbocycles. The van der Waals surface area contributed by atoms with Gasteiger partial charge in [0.25, 0.3) is 0 Å². The van der Waals surface area contributed by atoms with Gasteiger partial charge in [0.15, 0.2) is 5.78 Å². The number of fused-ring (bicyclic) bond motifs is 3. The molecule has 132 valence electrons. The molecule has 26 heavy (non-hydrogen) atoms. The van der Waals surface area contributed by atoms with Crippen LogP contribution in [0.15, 0.2) is 65.3 Å². The molecule has 3 nitrogen and oxygen atoms in total. The molecule has 0 amide bonds. The van der Waals surface area contributed by atoms with E-state index in [1.54, 1.807) is 6.26 Å². The van der Waals surface area contributed by atoms with E-state index >= 15 is 0 Å². The summed E-state index contributed by atoms with van der Waals surface area (Å²) in [6.07, 6.45) is 6.11. The molecule has 2 unspecified atom stereocenters. The molecule has 0 spiro atoms. The van der Waals surface area contributed by atoms with Crippen LogP contribution in [0.4, 0.5) is 0 Å². The molecule has 5 rings (SSSR count). The summed E-state index contributed by atoms with van der Waals surface area (Å²) in [5, 5.41) is 1.01. The summed E-state index contributed by atoms with van der Waals surface area (Å²) >= 11 is 0. The molecule has 3 aromatic rings. The van der Waals surface area contributed by atoms with Crippen molar-refractivity contribution in [3.8, 4) is 0 Å². The van der Waals surface area contributed by atoms with Crippen LogP contribution in [0, 0.1) is 5.92 Å². The van der Waals surface area contributed by atoms with Crippen LogP contribution in [0.1, 0.15) is 41.6 Å². The number of hydrogen-bond donors (Lipinski definition) is 0. The third-order valence-electron chi connectivity index (χ3n) is 6.20. The number of carbonyl (C=O) groups excluding carboxylic acids is 1. The molecular formula is C23H23NO2. The third-order valence-corrected chi connectivity index (χ3v) is 6.20. The molecule has 2 atom stereocenters. The maximum atomic E-state index is 13.1. The molecule has 2 fully saturated rings. The van der Waals surface area contributed by atoms with Crippen molar-refractivity contribution in [3.05, 3.63) is 72.0 Å². The minimum atomic E-state index is 0.156. The fraction of sp³-hybridized carbons (Fsp3) is 0.348. The average Bonchev–Trinajstić information content (AvgIpc) is 3.22. The highest BCUT2D eigenvalue weighted by molar-refractivity contribution is 6.00. The van der Waals surface area contributed by atoms with E-state index in [0.717, 1.165) is 35.9 Å². The van der Waals surface area contributed by atoms with E-state index < -0.39 is 0 Å². The van der Waals surface area contributed by atoms with Gasteiger partial charge in [0, 0.05) is 35.5 Å². The van der Waals surface area contributed by atoms with E-state index in [0.29, 0.717) is 17.9 Å². The standard InChI is InChI=1S/C23H23NO2/c25-23(18-6-9-22-17(12-18)10-11-26-22)19-13-20-7-8-21(14-19)24(20)15-16-4-2-1-3-5-16/h1-6,9-12,19-21H,7-8,13-15H2. The topological polar surface area (TPSA) is 33.5 Å². The molecule has 0 saturated carbocycles. The minimum Gasteiger partial charge on any atom is -0.464 e. The normalized spacial score (nSPS) is 25.6. The second kappa shape index (κ2) is 6.40. The molecule has 2 aliphatic rings. The van der Waals surface area contributed by atoms with Gasteiger partial charge < -0.3 is 4.42 Å². The number of rotatable bonds is 4.